The molecule has 2 unspecified atom stereocenters. The quantitative estimate of drug-likeness (QED) is 0.777. The summed E-state index contributed by atoms with van der Waals surface area (Å²) in [5.41, 5.74) is 1.05. The molecule has 1 aliphatic rings. The van der Waals surface area contributed by atoms with Crippen molar-refractivity contribution in [2.75, 3.05) is 20.3 Å². The average molecular weight is 276 g/mol. The molecule has 1 aromatic rings. The second-order valence-electron chi connectivity index (χ2n) is 5.27. The van der Waals surface area contributed by atoms with Crippen LogP contribution in [0.1, 0.15) is 37.8 Å². The maximum atomic E-state index is 12.5. The van der Waals surface area contributed by atoms with Crippen molar-refractivity contribution >= 4 is 5.91 Å². The summed E-state index contributed by atoms with van der Waals surface area (Å²) in [5, 5.41) is 3.37. The van der Waals surface area contributed by atoms with Gasteiger partial charge in [-0.25, -0.2) is 0 Å². The molecule has 110 valence electrons. The first kappa shape index (κ1) is 15.0. The molecule has 0 aromatic heterocycles. The Labute approximate surface area is 121 Å². The maximum Gasteiger partial charge on any atom is 0.245 e. The van der Waals surface area contributed by atoms with Crippen LogP contribution in [0.2, 0.25) is 0 Å². The van der Waals surface area contributed by atoms with Crippen molar-refractivity contribution < 1.29 is 9.53 Å². The Hall–Kier alpha value is -1.39. The van der Waals surface area contributed by atoms with Gasteiger partial charge in [0.15, 0.2) is 0 Å². The molecule has 20 heavy (non-hydrogen) atoms. The van der Waals surface area contributed by atoms with E-state index in [1.807, 2.05) is 35.2 Å². The van der Waals surface area contributed by atoms with Gasteiger partial charge in [-0.3, -0.25) is 10.1 Å². The molecule has 0 saturated carbocycles. The SMILES string of the molecule is COCCCCCN1C(=O)C(c2ccccc2)NC1C. The fraction of sp³-hybridized carbons (Fsp3) is 0.562. The number of nitrogens with one attached hydrogen (secondary N) is 1. The molecular formula is C16H24N2O2. The first-order valence-corrected chi connectivity index (χ1v) is 7.34. The van der Waals surface area contributed by atoms with Gasteiger partial charge in [0, 0.05) is 20.3 Å². The predicted octanol–water partition coefficient (Wildman–Crippen LogP) is 2.32. The number of amides is 1. The van der Waals surface area contributed by atoms with Crippen molar-refractivity contribution in [2.45, 2.75) is 38.4 Å². The summed E-state index contributed by atoms with van der Waals surface area (Å²) in [6.07, 6.45) is 3.29. The molecule has 1 aliphatic heterocycles. The van der Waals surface area contributed by atoms with Crippen LogP contribution in [0.5, 0.6) is 0 Å². The molecule has 2 atom stereocenters. The lowest BCUT2D eigenvalue weighted by molar-refractivity contribution is -0.130. The Balaban J connectivity index is 1.87. The standard InChI is InChI=1S/C16H24N2O2/c1-13-17-15(14-9-5-3-6-10-14)16(19)18(13)11-7-4-8-12-20-2/h3,5-6,9-10,13,15,17H,4,7-8,11-12H2,1-2H3. The molecule has 0 bridgehead atoms. The largest absolute Gasteiger partial charge is 0.385 e. The zero-order valence-corrected chi connectivity index (χ0v) is 12.3. The lowest BCUT2D eigenvalue weighted by atomic mass is 10.1. The van der Waals surface area contributed by atoms with Crippen LogP contribution >= 0.6 is 0 Å². The molecule has 1 saturated heterocycles. The second kappa shape index (κ2) is 7.41. The third-order valence-electron chi connectivity index (χ3n) is 3.79. The van der Waals surface area contributed by atoms with Crippen molar-refractivity contribution in [1.82, 2.24) is 10.2 Å². The number of methoxy groups -OCH3 is 1. The van der Waals surface area contributed by atoms with E-state index >= 15 is 0 Å². The number of hydrogen-bond acceptors (Lipinski definition) is 3. The highest BCUT2D eigenvalue weighted by Crippen LogP contribution is 2.24. The summed E-state index contributed by atoms with van der Waals surface area (Å²) in [7, 11) is 1.72. The number of nitrogens with zero attached hydrogens (tertiary/aromatic N) is 1. The van der Waals surface area contributed by atoms with E-state index < -0.39 is 0 Å². The van der Waals surface area contributed by atoms with Gasteiger partial charge in [-0.05, 0) is 31.7 Å². The van der Waals surface area contributed by atoms with Crippen molar-refractivity contribution in [3.05, 3.63) is 35.9 Å². The van der Waals surface area contributed by atoms with Gasteiger partial charge in [-0.2, -0.15) is 0 Å². The number of carbonyl (C=O) groups excluding carboxylic acids is 1. The topological polar surface area (TPSA) is 41.6 Å². The fourth-order valence-electron chi connectivity index (χ4n) is 2.65. The van der Waals surface area contributed by atoms with Gasteiger partial charge in [-0.1, -0.05) is 30.3 Å². The number of benzene rings is 1. The summed E-state index contributed by atoms with van der Waals surface area (Å²) in [6, 6.07) is 9.74. The highest BCUT2D eigenvalue weighted by atomic mass is 16.5. The summed E-state index contributed by atoms with van der Waals surface area (Å²) in [4.78, 5) is 14.4. The molecule has 1 heterocycles. The molecule has 4 heteroatoms. The van der Waals surface area contributed by atoms with E-state index in [9.17, 15) is 4.79 Å². The van der Waals surface area contributed by atoms with Gasteiger partial charge < -0.3 is 9.64 Å². The summed E-state index contributed by atoms with van der Waals surface area (Å²) in [6.45, 7) is 3.67. The van der Waals surface area contributed by atoms with E-state index in [2.05, 4.69) is 12.2 Å². The Kier molecular flexibility index (Phi) is 5.56. The molecule has 4 nitrogen and oxygen atoms in total. The van der Waals surface area contributed by atoms with E-state index in [-0.39, 0.29) is 18.1 Å². The van der Waals surface area contributed by atoms with Crippen LogP contribution < -0.4 is 5.32 Å². The molecule has 1 aromatic carbocycles. The third-order valence-corrected chi connectivity index (χ3v) is 3.79. The van der Waals surface area contributed by atoms with Crippen molar-refractivity contribution in [2.24, 2.45) is 0 Å². The summed E-state index contributed by atoms with van der Waals surface area (Å²) in [5.74, 6) is 0.190. The van der Waals surface area contributed by atoms with Gasteiger partial charge in [0.1, 0.15) is 6.04 Å². The molecule has 0 radical (unpaired) electrons. The monoisotopic (exact) mass is 276 g/mol. The molecule has 1 amide bonds. The summed E-state index contributed by atoms with van der Waals surface area (Å²) < 4.78 is 5.04. The molecule has 2 rings (SSSR count). The Bertz CT molecular complexity index is 422. The minimum Gasteiger partial charge on any atom is -0.385 e. The van der Waals surface area contributed by atoms with E-state index in [1.165, 1.54) is 0 Å². The Morgan fingerprint density at radius 1 is 1.20 bits per heavy atom. The minimum absolute atomic E-state index is 0.107. The molecule has 0 aliphatic carbocycles. The molecule has 1 fully saturated rings. The van der Waals surface area contributed by atoms with Gasteiger partial charge >= 0.3 is 0 Å². The second-order valence-corrected chi connectivity index (χ2v) is 5.27. The number of rotatable bonds is 7. The number of hydrogen-bond donors (Lipinski definition) is 1. The zero-order valence-electron chi connectivity index (χ0n) is 12.3. The number of ether oxygens (including phenoxy) is 1. The molecule has 1 N–H and O–H groups in total. The van der Waals surface area contributed by atoms with Crippen LogP contribution in [0.4, 0.5) is 0 Å². The lowest BCUT2D eigenvalue weighted by Gasteiger charge is -2.20. The first-order chi connectivity index (χ1) is 9.74. The van der Waals surface area contributed by atoms with E-state index in [4.69, 9.17) is 4.74 Å². The van der Waals surface area contributed by atoms with Crippen molar-refractivity contribution in [1.29, 1.82) is 0 Å². The van der Waals surface area contributed by atoms with E-state index in [0.29, 0.717) is 0 Å². The van der Waals surface area contributed by atoms with Gasteiger partial charge in [0.05, 0.1) is 6.17 Å². The number of carbonyl (C=O) groups is 1. The maximum absolute atomic E-state index is 12.5. The van der Waals surface area contributed by atoms with Gasteiger partial charge in [0.25, 0.3) is 0 Å². The van der Waals surface area contributed by atoms with Crippen LogP contribution in [-0.4, -0.2) is 37.2 Å². The van der Waals surface area contributed by atoms with Crippen molar-refractivity contribution in [3.63, 3.8) is 0 Å². The van der Waals surface area contributed by atoms with Gasteiger partial charge in [0.2, 0.25) is 5.91 Å². The van der Waals surface area contributed by atoms with Crippen LogP contribution in [0.3, 0.4) is 0 Å². The van der Waals surface area contributed by atoms with E-state index in [1.54, 1.807) is 7.11 Å². The Morgan fingerprint density at radius 2 is 1.95 bits per heavy atom. The highest BCUT2D eigenvalue weighted by molar-refractivity contribution is 5.85. The first-order valence-electron chi connectivity index (χ1n) is 7.34. The predicted molar refractivity (Wildman–Crippen MR) is 79.2 cm³/mol. The van der Waals surface area contributed by atoms with Crippen LogP contribution in [0.15, 0.2) is 30.3 Å². The van der Waals surface area contributed by atoms with Crippen LogP contribution in [-0.2, 0) is 9.53 Å². The molecule has 0 spiro atoms. The molecular weight excluding hydrogens is 252 g/mol. The normalized spacial score (nSPS) is 22.5. The smallest absolute Gasteiger partial charge is 0.245 e. The number of unbranched alkanes of at least 4 members (excludes halogenated alkanes) is 2. The minimum atomic E-state index is -0.190. The zero-order chi connectivity index (χ0) is 14.4. The third kappa shape index (κ3) is 3.58. The van der Waals surface area contributed by atoms with Crippen molar-refractivity contribution in [3.8, 4) is 0 Å². The average Bonchev–Trinajstić information content (AvgIpc) is 2.75. The van der Waals surface area contributed by atoms with Crippen LogP contribution in [0, 0.1) is 0 Å². The lowest BCUT2D eigenvalue weighted by Crippen LogP contribution is -2.35. The summed E-state index contributed by atoms with van der Waals surface area (Å²) >= 11 is 0. The van der Waals surface area contributed by atoms with Gasteiger partial charge in [-0.15, -0.1) is 0 Å². The van der Waals surface area contributed by atoms with E-state index in [0.717, 1.165) is 38.0 Å². The Morgan fingerprint density at radius 3 is 2.65 bits per heavy atom. The fourth-order valence-corrected chi connectivity index (χ4v) is 2.65. The highest BCUT2D eigenvalue weighted by Gasteiger charge is 2.36. The van der Waals surface area contributed by atoms with Crippen LogP contribution in [0.25, 0.3) is 0 Å².